The summed E-state index contributed by atoms with van der Waals surface area (Å²) in [5, 5.41) is 12.3. The zero-order valence-electron chi connectivity index (χ0n) is 11.5. The maximum absolute atomic E-state index is 8.93. The smallest absolute Gasteiger partial charge is 0.123 e. The summed E-state index contributed by atoms with van der Waals surface area (Å²) in [7, 11) is 1.64. The Morgan fingerprint density at radius 1 is 1.30 bits per heavy atom. The van der Waals surface area contributed by atoms with Crippen molar-refractivity contribution in [3.63, 3.8) is 0 Å². The SMILES string of the molecule is COc1ccc(C#N)cc1CNCCc1ccccn1. The Balaban J connectivity index is 1.89. The molecule has 0 amide bonds. The van der Waals surface area contributed by atoms with Gasteiger partial charge in [-0.25, -0.2) is 0 Å². The van der Waals surface area contributed by atoms with Crippen LogP contribution in [0.1, 0.15) is 16.8 Å². The first kappa shape index (κ1) is 14.0. The zero-order chi connectivity index (χ0) is 14.2. The van der Waals surface area contributed by atoms with Gasteiger partial charge in [-0.3, -0.25) is 4.98 Å². The molecule has 1 N–H and O–H groups in total. The van der Waals surface area contributed by atoms with Crippen LogP contribution in [0.3, 0.4) is 0 Å². The van der Waals surface area contributed by atoms with E-state index < -0.39 is 0 Å². The Kier molecular flexibility index (Phi) is 5.10. The molecule has 0 unspecified atom stereocenters. The van der Waals surface area contributed by atoms with Crippen LogP contribution >= 0.6 is 0 Å². The molecule has 0 fully saturated rings. The van der Waals surface area contributed by atoms with Gasteiger partial charge in [0.2, 0.25) is 0 Å². The first-order valence-electron chi connectivity index (χ1n) is 6.51. The number of nitrogens with one attached hydrogen (secondary N) is 1. The summed E-state index contributed by atoms with van der Waals surface area (Å²) in [5.41, 5.74) is 2.71. The quantitative estimate of drug-likeness (QED) is 0.816. The van der Waals surface area contributed by atoms with Gasteiger partial charge in [0.25, 0.3) is 0 Å². The van der Waals surface area contributed by atoms with Crippen LogP contribution < -0.4 is 10.1 Å². The van der Waals surface area contributed by atoms with E-state index in [-0.39, 0.29) is 0 Å². The van der Waals surface area contributed by atoms with Crippen LogP contribution in [0.25, 0.3) is 0 Å². The molecule has 1 aromatic heterocycles. The minimum atomic E-state index is 0.646. The lowest BCUT2D eigenvalue weighted by Gasteiger charge is -2.10. The van der Waals surface area contributed by atoms with Crippen molar-refractivity contribution in [1.29, 1.82) is 5.26 Å². The third kappa shape index (κ3) is 3.81. The number of hydrogen-bond acceptors (Lipinski definition) is 4. The fourth-order valence-corrected chi connectivity index (χ4v) is 1.97. The number of methoxy groups -OCH3 is 1. The molecule has 4 heteroatoms. The van der Waals surface area contributed by atoms with Crippen molar-refractivity contribution in [2.45, 2.75) is 13.0 Å². The minimum Gasteiger partial charge on any atom is -0.496 e. The van der Waals surface area contributed by atoms with Gasteiger partial charge in [0, 0.05) is 37.0 Å². The van der Waals surface area contributed by atoms with Crippen LogP contribution in [-0.4, -0.2) is 18.6 Å². The normalized spacial score (nSPS) is 10.0. The second-order valence-electron chi connectivity index (χ2n) is 4.39. The van der Waals surface area contributed by atoms with E-state index in [9.17, 15) is 0 Å². The summed E-state index contributed by atoms with van der Waals surface area (Å²) in [5.74, 6) is 0.800. The summed E-state index contributed by atoms with van der Waals surface area (Å²) >= 11 is 0. The van der Waals surface area contributed by atoms with Gasteiger partial charge in [0.15, 0.2) is 0 Å². The van der Waals surface area contributed by atoms with Crippen LogP contribution in [0.15, 0.2) is 42.6 Å². The first-order valence-corrected chi connectivity index (χ1v) is 6.51. The van der Waals surface area contributed by atoms with E-state index in [1.165, 1.54) is 0 Å². The van der Waals surface area contributed by atoms with Crippen molar-refractivity contribution in [3.8, 4) is 11.8 Å². The van der Waals surface area contributed by atoms with Gasteiger partial charge in [-0.1, -0.05) is 6.07 Å². The van der Waals surface area contributed by atoms with E-state index >= 15 is 0 Å². The molecule has 0 aliphatic carbocycles. The Morgan fingerprint density at radius 2 is 2.20 bits per heavy atom. The third-order valence-electron chi connectivity index (χ3n) is 3.01. The third-order valence-corrected chi connectivity index (χ3v) is 3.01. The fraction of sp³-hybridized carbons (Fsp3) is 0.250. The molecule has 0 bridgehead atoms. The van der Waals surface area contributed by atoms with Crippen molar-refractivity contribution in [2.24, 2.45) is 0 Å². The standard InChI is InChI=1S/C16H17N3O/c1-20-16-6-5-13(11-17)10-14(16)12-18-9-7-15-4-2-3-8-19-15/h2-6,8,10,18H,7,9,12H2,1H3. The Labute approximate surface area is 119 Å². The molecule has 0 radical (unpaired) electrons. The topological polar surface area (TPSA) is 57.9 Å². The Morgan fingerprint density at radius 3 is 2.90 bits per heavy atom. The highest BCUT2D eigenvalue weighted by Gasteiger charge is 2.04. The van der Waals surface area contributed by atoms with E-state index in [2.05, 4.69) is 16.4 Å². The van der Waals surface area contributed by atoms with Crippen molar-refractivity contribution in [2.75, 3.05) is 13.7 Å². The van der Waals surface area contributed by atoms with E-state index in [4.69, 9.17) is 10.00 Å². The summed E-state index contributed by atoms with van der Waals surface area (Å²) < 4.78 is 5.30. The molecule has 2 rings (SSSR count). The maximum atomic E-state index is 8.93. The molecule has 0 saturated heterocycles. The van der Waals surface area contributed by atoms with Crippen LogP contribution in [-0.2, 0) is 13.0 Å². The lowest BCUT2D eigenvalue weighted by Crippen LogP contribution is -2.17. The van der Waals surface area contributed by atoms with Crippen molar-refractivity contribution >= 4 is 0 Å². The molecule has 20 heavy (non-hydrogen) atoms. The molecular formula is C16H17N3O. The van der Waals surface area contributed by atoms with Gasteiger partial charge in [-0.05, 0) is 30.3 Å². The fourth-order valence-electron chi connectivity index (χ4n) is 1.97. The molecule has 0 aliphatic heterocycles. The van der Waals surface area contributed by atoms with Crippen molar-refractivity contribution < 1.29 is 4.74 Å². The lowest BCUT2D eigenvalue weighted by molar-refractivity contribution is 0.407. The molecule has 1 heterocycles. The number of benzene rings is 1. The van der Waals surface area contributed by atoms with Gasteiger partial charge in [-0.2, -0.15) is 5.26 Å². The molecule has 2 aromatic rings. The predicted octanol–water partition coefficient (Wildman–Crippen LogP) is 2.29. The van der Waals surface area contributed by atoms with Gasteiger partial charge < -0.3 is 10.1 Å². The molecule has 4 nitrogen and oxygen atoms in total. The summed E-state index contributed by atoms with van der Waals surface area (Å²) in [4.78, 5) is 4.28. The summed E-state index contributed by atoms with van der Waals surface area (Å²) in [6.45, 7) is 1.50. The number of rotatable bonds is 6. The monoisotopic (exact) mass is 267 g/mol. The maximum Gasteiger partial charge on any atom is 0.123 e. The minimum absolute atomic E-state index is 0.646. The predicted molar refractivity (Wildman–Crippen MR) is 77.4 cm³/mol. The van der Waals surface area contributed by atoms with E-state index in [1.54, 1.807) is 19.4 Å². The lowest BCUT2D eigenvalue weighted by atomic mass is 10.1. The average molecular weight is 267 g/mol. The highest BCUT2D eigenvalue weighted by Crippen LogP contribution is 2.19. The van der Waals surface area contributed by atoms with Crippen molar-refractivity contribution in [1.82, 2.24) is 10.3 Å². The van der Waals surface area contributed by atoms with Gasteiger partial charge >= 0.3 is 0 Å². The molecule has 0 saturated carbocycles. The second kappa shape index (κ2) is 7.27. The number of pyridine rings is 1. The number of nitrogens with zero attached hydrogens (tertiary/aromatic N) is 2. The molecule has 0 atom stereocenters. The van der Waals surface area contributed by atoms with Crippen LogP contribution in [0, 0.1) is 11.3 Å². The van der Waals surface area contributed by atoms with Gasteiger partial charge in [0.1, 0.15) is 5.75 Å². The largest absolute Gasteiger partial charge is 0.496 e. The first-order chi connectivity index (χ1) is 9.83. The number of aromatic nitrogens is 1. The molecule has 0 aliphatic rings. The van der Waals surface area contributed by atoms with Crippen LogP contribution in [0.2, 0.25) is 0 Å². The molecule has 102 valence electrons. The second-order valence-corrected chi connectivity index (χ2v) is 4.39. The zero-order valence-corrected chi connectivity index (χ0v) is 11.5. The molecule has 1 aromatic carbocycles. The van der Waals surface area contributed by atoms with E-state index in [0.29, 0.717) is 12.1 Å². The van der Waals surface area contributed by atoms with Crippen LogP contribution in [0.4, 0.5) is 0 Å². The van der Waals surface area contributed by atoms with Crippen molar-refractivity contribution in [3.05, 3.63) is 59.4 Å². The molecule has 0 spiro atoms. The Bertz CT molecular complexity index is 590. The average Bonchev–Trinajstić information content (AvgIpc) is 2.52. The van der Waals surface area contributed by atoms with E-state index in [0.717, 1.165) is 30.0 Å². The highest BCUT2D eigenvalue weighted by atomic mass is 16.5. The Hall–Kier alpha value is -2.38. The summed E-state index contributed by atoms with van der Waals surface area (Å²) in [6.07, 6.45) is 2.68. The summed E-state index contributed by atoms with van der Waals surface area (Å²) in [6, 6.07) is 13.5. The van der Waals surface area contributed by atoms with Crippen LogP contribution in [0.5, 0.6) is 5.75 Å². The van der Waals surface area contributed by atoms with Gasteiger partial charge in [-0.15, -0.1) is 0 Å². The highest BCUT2D eigenvalue weighted by molar-refractivity contribution is 5.41. The number of hydrogen-bond donors (Lipinski definition) is 1. The number of nitriles is 1. The van der Waals surface area contributed by atoms with E-state index in [1.807, 2.05) is 30.3 Å². The van der Waals surface area contributed by atoms with Gasteiger partial charge in [0.05, 0.1) is 18.7 Å². The number of ether oxygens (including phenoxy) is 1. The molecular weight excluding hydrogens is 250 g/mol.